The first-order chi connectivity index (χ1) is 12.1. The largest absolute Gasteiger partial charge is 0.381 e. The van der Waals surface area contributed by atoms with Gasteiger partial charge in [0, 0.05) is 36.1 Å². The van der Waals surface area contributed by atoms with Gasteiger partial charge >= 0.3 is 0 Å². The van der Waals surface area contributed by atoms with Crippen LogP contribution in [0.1, 0.15) is 37.7 Å². The molecule has 1 spiro atoms. The van der Waals surface area contributed by atoms with Gasteiger partial charge in [-0.1, -0.05) is 23.7 Å². The van der Waals surface area contributed by atoms with E-state index in [4.69, 9.17) is 16.3 Å². The van der Waals surface area contributed by atoms with Gasteiger partial charge in [0.25, 0.3) is 0 Å². The van der Waals surface area contributed by atoms with Crippen molar-refractivity contribution in [2.75, 3.05) is 32.8 Å². The van der Waals surface area contributed by atoms with Gasteiger partial charge < -0.3 is 15.4 Å². The Labute approximate surface area is 154 Å². The smallest absolute Gasteiger partial charge is 0.223 e. The van der Waals surface area contributed by atoms with Crippen LogP contribution in [-0.2, 0) is 14.9 Å². The number of halogens is 1. The standard InChI is InChI=1S/C20H27ClN2O2/c21-16-3-1-15(2-4-16)20(7-11-25-12-8-20)14-23-18(24)17-13-19(17)5-9-22-10-6-19/h1-4,17,22H,5-14H2,(H,23,24). The van der Waals surface area contributed by atoms with Crippen molar-refractivity contribution in [1.29, 1.82) is 0 Å². The molecule has 4 rings (SSSR count). The van der Waals surface area contributed by atoms with Crippen molar-refractivity contribution >= 4 is 17.5 Å². The first kappa shape index (κ1) is 17.3. The molecule has 1 aromatic rings. The fraction of sp³-hybridized carbons (Fsp3) is 0.650. The molecule has 1 atom stereocenters. The Bertz CT molecular complexity index is 619. The van der Waals surface area contributed by atoms with Crippen LogP contribution < -0.4 is 10.6 Å². The molecule has 3 aliphatic rings. The Hall–Kier alpha value is -1.10. The number of nitrogens with one attached hydrogen (secondary N) is 2. The number of hydrogen-bond donors (Lipinski definition) is 2. The first-order valence-corrected chi connectivity index (χ1v) is 9.84. The molecule has 1 aliphatic carbocycles. The highest BCUT2D eigenvalue weighted by molar-refractivity contribution is 6.30. The topological polar surface area (TPSA) is 50.4 Å². The maximum Gasteiger partial charge on any atom is 0.223 e. The third kappa shape index (κ3) is 3.44. The normalized spacial score (nSPS) is 27.0. The number of benzene rings is 1. The van der Waals surface area contributed by atoms with Gasteiger partial charge in [0.2, 0.25) is 5.91 Å². The lowest BCUT2D eigenvalue weighted by molar-refractivity contribution is -0.123. The number of carbonyl (C=O) groups excluding carboxylic acids is 1. The third-order valence-electron chi connectivity index (χ3n) is 6.61. The second-order valence-electron chi connectivity index (χ2n) is 7.99. The van der Waals surface area contributed by atoms with Gasteiger partial charge in [-0.25, -0.2) is 0 Å². The molecule has 5 heteroatoms. The Balaban J connectivity index is 1.43. The second kappa shape index (κ2) is 6.90. The summed E-state index contributed by atoms with van der Waals surface area (Å²) >= 11 is 6.06. The van der Waals surface area contributed by atoms with Crippen molar-refractivity contribution in [3.8, 4) is 0 Å². The monoisotopic (exact) mass is 362 g/mol. The van der Waals surface area contributed by atoms with E-state index in [1.54, 1.807) is 0 Å². The number of piperidine rings is 1. The molecular weight excluding hydrogens is 336 g/mol. The van der Waals surface area contributed by atoms with Crippen molar-refractivity contribution in [2.45, 2.75) is 37.5 Å². The maximum atomic E-state index is 12.8. The molecule has 2 heterocycles. The summed E-state index contributed by atoms with van der Waals surface area (Å²) in [6.07, 6.45) is 5.23. The first-order valence-electron chi connectivity index (χ1n) is 9.46. The average molecular weight is 363 g/mol. The van der Waals surface area contributed by atoms with Gasteiger partial charge in [-0.3, -0.25) is 4.79 Å². The molecule has 25 heavy (non-hydrogen) atoms. The molecule has 0 radical (unpaired) electrons. The highest BCUT2D eigenvalue weighted by atomic mass is 35.5. The molecule has 4 nitrogen and oxygen atoms in total. The summed E-state index contributed by atoms with van der Waals surface area (Å²) in [5.74, 6) is 0.471. The van der Waals surface area contributed by atoms with E-state index < -0.39 is 0 Å². The molecular formula is C20H27ClN2O2. The average Bonchev–Trinajstić information content (AvgIpc) is 3.34. The van der Waals surface area contributed by atoms with Crippen molar-refractivity contribution in [3.05, 3.63) is 34.9 Å². The van der Waals surface area contributed by atoms with E-state index in [0.29, 0.717) is 12.0 Å². The molecule has 3 fully saturated rings. The molecule has 1 unspecified atom stereocenters. The lowest BCUT2D eigenvalue weighted by Crippen LogP contribution is -2.45. The summed E-state index contributed by atoms with van der Waals surface area (Å²) in [5.41, 5.74) is 1.51. The molecule has 1 amide bonds. The molecule has 0 aromatic heterocycles. The SMILES string of the molecule is O=C(NCC1(c2ccc(Cl)cc2)CCOCC1)C1CC12CCNCC2. The Kier molecular flexibility index (Phi) is 4.78. The minimum Gasteiger partial charge on any atom is -0.381 e. The fourth-order valence-electron chi connectivity index (χ4n) is 4.71. The molecule has 2 N–H and O–H groups in total. The molecule has 2 saturated heterocycles. The van der Waals surface area contributed by atoms with Crippen LogP contribution in [0.2, 0.25) is 5.02 Å². The van der Waals surface area contributed by atoms with Crippen LogP contribution in [0.3, 0.4) is 0 Å². The Morgan fingerprint density at radius 3 is 2.52 bits per heavy atom. The van der Waals surface area contributed by atoms with Crippen molar-refractivity contribution < 1.29 is 9.53 Å². The van der Waals surface area contributed by atoms with E-state index in [-0.39, 0.29) is 17.2 Å². The zero-order chi connectivity index (χ0) is 17.3. The van der Waals surface area contributed by atoms with E-state index in [1.165, 1.54) is 5.56 Å². The second-order valence-corrected chi connectivity index (χ2v) is 8.42. The summed E-state index contributed by atoms with van der Waals surface area (Å²) in [5, 5.41) is 7.44. The lowest BCUT2D eigenvalue weighted by Gasteiger charge is -2.38. The van der Waals surface area contributed by atoms with Crippen LogP contribution in [0.25, 0.3) is 0 Å². The highest BCUT2D eigenvalue weighted by Gasteiger charge is 2.57. The molecule has 2 aliphatic heterocycles. The van der Waals surface area contributed by atoms with Crippen molar-refractivity contribution in [1.82, 2.24) is 10.6 Å². The van der Waals surface area contributed by atoms with Crippen LogP contribution in [0.5, 0.6) is 0 Å². The van der Waals surface area contributed by atoms with Gasteiger partial charge in [-0.15, -0.1) is 0 Å². The Morgan fingerprint density at radius 2 is 1.84 bits per heavy atom. The predicted octanol–water partition coefficient (Wildman–Crippen LogP) is 2.89. The quantitative estimate of drug-likeness (QED) is 0.865. The molecule has 1 saturated carbocycles. The predicted molar refractivity (Wildman–Crippen MR) is 98.8 cm³/mol. The van der Waals surface area contributed by atoms with Gasteiger partial charge in [0.05, 0.1) is 0 Å². The van der Waals surface area contributed by atoms with Crippen LogP contribution in [0, 0.1) is 11.3 Å². The van der Waals surface area contributed by atoms with Gasteiger partial charge in [0.1, 0.15) is 0 Å². The number of hydrogen-bond acceptors (Lipinski definition) is 3. The summed E-state index contributed by atoms with van der Waals surface area (Å²) in [6, 6.07) is 8.10. The fourth-order valence-corrected chi connectivity index (χ4v) is 4.83. The summed E-state index contributed by atoms with van der Waals surface area (Å²) in [7, 11) is 0. The highest BCUT2D eigenvalue weighted by Crippen LogP contribution is 2.58. The zero-order valence-corrected chi connectivity index (χ0v) is 15.4. The minimum atomic E-state index is -0.0331. The third-order valence-corrected chi connectivity index (χ3v) is 6.87. The van der Waals surface area contributed by atoms with E-state index in [2.05, 4.69) is 22.8 Å². The van der Waals surface area contributed by atoms with E-state index in [0.717, 1.165) is 63.4 Å². The summed E-state index contributed by atoms with van der Waals surface area (Å²) in [4.78, 5) is 12.8. The summed E-state index contributed by atoms with van der Waals surface area (Å²) in [6.45, 7) is 4.29. The van der Waals surface area contributed by atoms with E-state index >= 15 is 0 Å². The van der Waals surface area contributed by atoms with Crippen LogP contribution >= 0.6 is 11.6 Å². The molecule has 136 valence electrons. The lowest BCUT2D eigenvalue weighted by atomic mass is 9.74. The number of amides is 1. The molecule has 1 aromatic carbocycles. The van der Waals surface area contributed by atoms with Crippen LogP contribution in [0.4, 0.5) is 0 Å². The zero-order valence-electron chi connectivity index (χ0n) is 14.7. The van der Waals surface area contributed by atoms with E-state index in [1.807, 2.05) is 12.1 Å². The molecule has 0 bridgehead atoms. The number of ether oxygens (including phenoxy) is 1. The summed E-state index contributed by atoms with van der Waals surface area (Å²) < 4.78 is 5.58. The van der Waals surface area contributed by atoms with Gasteiger partial charge in [-0.2, -0.15) is 0 Å². The van der Waals surface area contributed by atoms with Crippen molar-refractivity contribution in [3.63, 3.8) is 0 Å². The number of rotatable bonds is 4. The van der Waals surface area contributed by atoms with Gasteiger partial charge in [0.15, 0.2) is 0 Å². The van der Waals surface area contributed by atoms with Crippen LogP contribution in [-0.4, -0.2) is 38.8 Å². The Morgan fingerprint density at radius 1 is 1.16 bits per heavy atom. The van der Waals surface area contributed by atoms with E-state index in [9.17, 15) is 4.79 Å². The van der Waals surface area contributed by atoms with Gasteiger partial charge in [-0.05, 0) is 68.3 Å². The van der Waals surface area contributed by atoms with Crippen LogP contribution in [0.15, 0.2) is 24.3 Å². The van der Waals surface area contributed by atoms with Crippen molar-refractivity contribution in [2.24, 2.45) is 11.3 Å². The number of carbonyl (C=O) groups is 1. The maximum absolute atomic E-state index is 12.8. The minimum absolute atomic E-state index is 0.0331.